The highest BCUT2D eigenvalue weighted by molar-refractivity contribution is 7.80. The zero-order valence-electron chi connectivity index (χ0n) is 13.9. The van der Waals surface area contributed by atoms with Gasteiger partial charge >= 0.3 is 0 Å². The Labute approximate surface area is 140 Å². The van der Waals surface area contributed by atoms with E-state index in [0.717, 1.165) is 24.0 Å². The van der Waals surface area contributed by atoms with Gasteiger partial charge < -0.3 is 14.6 Å². The molecular formula is C18H30N2OS. The van der Waals surface area contributed by atoms with Crippen molar-refractivity contribution in [3.63, 3.8) is 0 Å². The Morgan fingerprint density at radius 1 is 1.27 bits per heavy atom. The molecule has 2 rings (SSSR count). The van der Waals surface area contributed by atoms with Crippen LogP contribution in [0.1, 0.15) is 70.5 Å². The van der Waals surface area contributed by atoms with E-state index in [1.54, 1.807) is 6.26 Å². The van der Waals surface area contributed by atoms with Gasteiger partial charge in [-0.2, -0.15) is 0 Å². The van der Waals surface area contributed by atoms with Crippen molar-refractivity contribution in [3.05, 3.63) is 24.2 Å². The van der Waals surface area contributed by atoms with Gasteiger partial charge in [-0.05, 0) is 43.6 Å². The summed E-state index contributed by atoms with van der Waals surface area (Å²) >= 11 is 5.66. The molecular weight excluding hydrogens is 292 g/mol. The summed E-state index contributed by atoms with van der Waals surface area (Å²) in [4.78, 5) is 2.34. The Balaban J connectivity index is 1.78. The smallest absolute Gasteiger partial charge is 0.169 e. The predicted molar refractivity (Wildman–Crippen MR) is 95.9 cm³/mol. The first-order valence-electron chi connectivity index (χ1n) is 8.88. The molecule has 1 aliphatic carbocycles. The first-order chi connectivity index (χ1) is 10.8. The van der Waals surface area contributed by atoms with Crippen molar-refractivity contribution in [2.75, 3.05) is 6.54 Å². The molecule has 1 fully saturated rings. The summed E-state index contributed by atoms with van der Waals surface area (Å²) in [5, 5.41) is 4.37. The second-order valence-corrected chi connectivity index (χ2v) is 6.68. The molecule has 0 amide bonds. The van der Waals surface area contributed by atoms with Crippen molar-refractivity contribution in [2.24, 2.45) is 0 Å². The third-order valence-electron chi connectivity index (χ3n) is 4.49. The van der Waals surface area contributed by atoms with E-state index in [4.69, 9.17) is 16.6 Å². The van der Waals surface area contributed by atoms with Crippen LogP contribution in [0, 0.1) is 0 Å². The summed E-state index contributed by atoms with van der Waals surface area (Å²) in [6.07, 6.45) is 13.4. The highest BCUT2D eigenvalue weighted by Crippen LogP contribution is 2.25. The first-order valence-corrected chi connectivity index (χ1v) is 9.29. The standard InChI is InChI=1S/C18H30N2OS/c1-2-3-4-5-8-13-19-18(22)20(16-10-6-7-11-16)15-17-12-9-14-21-17/h9,12,14,16H,2-8,10-11,13,15H2,1H3,(H,19,22). The zero-order valence-corrected chi connectivity index (χ0v) is 14.7. The van der Waals surface area contributed by atoms with E-state index < -0.39 is 0 Å². The molecule has 3 nitrogen and oxygen atoms in total. The summed E-state index contributed by atoms with van der Waals surface area (Å²) in [5.41, 5.74) is 0. The minimum atomic E-state index is 0.574. The maximum atomic E-state index is 5.66. The van der Waals surface area contributed by atoms with Crippen LogP contribution in [0.2, 0.25) is 0 Å². The molecule has 0 atom stereocenters. The van der Waals surface area contributed by atoms with Gasteiger partial charge in [0.1, 0.15) is 5.76 Å². The largest absolute Gasteiger partial charge is 0.467 e. The van der Waals surface area contributed by atoms with E-state index in [1.807, 2.05) is 12.1 Å². The molecule has 1 N–H and O–H groups in total. The van der Waals surface area contributed by atoms with Crippen molar-refractivity contribution in [1.82, 2.24) is 10.2 Å². The van der Waals surface area contributed by atoms with Crippen molar-refractivity contribution in [2.45, 2.75) is 77.3 Å². The Bertz CT molecular complexity index is 413. The number of furan rings is 1. The van der Waals surface area contributed by atoms with E-state index in [9.17, 15) is 0 Å². The van der Waals surface area contributed by atoms with Crippen LogP contribution >= 0.6 is 12.2 Å². The van der Waals surface area contributed by atoms with Gasteiger partial charge in [0.25, 0.3) is 0 Å². The summed E-state index contributed by atoms with van der Waals surface area (Å²) < 4.78 is 5.51. The van der Waals surface area contributed by atoms with Gasteiger partial charge in [0.2, 0.25) is 0 Å². The van der Waals surface area contributed by atoms with Crippen LogP contribution in [0.25, 0.3) is 0 Å². The van der Waals surface area contributed by atoms with Gasteiger partial charge in [0.05, 0.1) is 12.8 Å². The van der Waals surface area contributed by atoms with Crippen molar-refractivity contribution in [3.8, 4) is 0 Å². The lowest BCUT2D eigenvalue weighted by atomic mass is 10.1. The fourth-order valence-electron chi connectivity index (χ4n) is 3.18. The van der Waals surface area contributed by atoms with Gasteiger partial charge in [0.15, 0.2) is 5.11 Å². The maximum Gasteiger partial charge on any atom is 0.169 e. The molecule has 1 saturated carbocycles. The second-order valence-electron chi connectivity index (χ2n) is 6.29. The molecule has 1 aliphatic rings. The Morgan fingerprint density at radius 2 is 2.05 bits per heavy atom. The zero-order chi connectivity index (χ0) is 15.6. The normalized spacial score (nSPS) is 15.1. The third kappa shape index (κ3) is 5.64. The summed E-state index contributed by atoms with van der Waals surface area (Å²) in [6.45, 7) is 4.03. The molecule has 0 radical (unpaired) electrons. The average molecular weight is 323 g/mol. The molecule has 0 aliphatic heterocycles. The molecule has 0 spiro atoms. The summed E-state index contributed by atoms with van der Waals surface area (Å²) in [5.74, 6) is 0.999. The van der Waals surface area contributed by atoms with Crippen LogP contribution in [0.4, 0.5) is 0 Å². The van der Waals surface area contributed by atoms with Crippen molar-refractivity contribution in [1.29, 1.82) is 0 Å². The van der Waals surface area contributed by atoms with Gasteiger partial charge in [-0.15, -0.1) is 0 Å². The van der Waals surface area contributed by atoms with E-state index in [1.165, 1.54) is 57.8 Å². The van der Waals surface area contributed by atoms with E-state index >= 15 is 0 Å². The van der Waals surface area contributed by atoms with Crippen molar-refractivity contribution >= 4 is 17.3 Å². The SMILES string of the molecule is CCCCCCCNC(=S)N(Cc1ccco1)C1CCCC1. The second kappa shape index (κ2) is 9.88. The molecule has 0 unspecified atom stereocenters. The minimum Gasteiger partial charge on any atom is -0.467 e. The van der Waals surface area contributed by atoms with Gasteiger partial charge in [0, 0.05) is 12.6 Å². The quantitative estimate of drug-likeness (QED) is 0.519. The lowest BCUT2D eigenvalue weighted by molar-refractivity contribution is 0.279. The topological polar surface area (TPSA) is 28.4 Å². The van der Waals surface area contributed by atoms with Crippen LogP contribution in [0.5, 0.6) is 0 Å². The Hall–Kier alpha value is -1.03. The number of nitrogens with zero attached hydrogens (tertiary/aromatic N) is 1. The highest BCUT2D eigenvalue weighted by atomic mass is 32.1. The number of nitrogens with one attached hydrogen (secondary N) is 1. The highest BCUT2D eigenvalue weighted by Gasteiger charge is 2.25. The van der Waals surface area contributed by atoms with Gasteiger partial charge in [-0.3, -0.25) is 0 Å². The van der Waals surface area contributed by atoms with Gasteiger partial charge in [-0.25, -0.2) is 0 Å². The van der Waals surface area contributed by atoms with Gasteiger partial charge in [-0.1, -0.05) is 45.4 Å². The number of hydrogen-bond donors (Lipinski definition) is 1. The summed E-state index contributed by atoms with van der Waals surface area (Å²) in [6, 6.07) is 4.56. The minimum absolute atomic E-state index is 0.574. The third-order valence-corrected chi connectivity index (χ3v) is 4.87. The molecule has 4 heteroatoms. The monoisotopic (exact) mass is 322 g/mol. The lowest BCUT2D eigenvalue weighted by Crippen LogP contribution is -2.44. The molecule has 0 bridgehead atoms. The van der Waals surface area contributed by atoms with Crippen LogP contribution in [-0.2, 0) is 6.54 Å². The van der Waals surface area contributed by atoms with Crippen molar-refractivity contribution < 1.29 is 4.42 Å². The fourth-order valence-corrected chi connectivity index (χ4v) is 3.49. The van der Waals surface area contributed by atoms with Crippen LogP contribution in [-0.4, -0.2) is 22.6 Å². The summed E-state index contributed by atoms with van der Waals surface area (Å²) in [7, 11) is 0. The van der Waals surface area contributed by atoms with Crippen LogP contribution in [0.15, 0.2) is 22.8 Å². The molecule has 0 aromatic carbocycles. The molecule has 124 valence electrons. The maximum absolute atomic E-state index is 5.66. The van der Waals surface area contributed by atoms with E-state index in [2.05, 4.69) is 17.1 Å². The fraction of sp³-hybridized carbons (Fsp3) is 0.722. The Kier molecular flexibility index (Phi) is 7.78. The lowest BCUT2D eigenvalue weighted by Gasteiger charge is -2.31. The molecule has 1 heterocycles. The molecule has 1 aromatic rings. The average Bonchev–Trinajstić information content (AvgIpc) is 3.21. The number of rotatable bonds is 9. The molecule has 1 aromatic heterocycles. The Morgan fingerprint density at radius 3 is 2.73 bits per heavy atom. The van der Waals surface area contributed by atoms with Crippen LogP contribution < -0.4 is 5.32 Å². The number of unbranched alkanes of at least 4 members (excludes halogenated alkanes) is 4. The number of thiocarbonyl (C=S) groups is 1. The molecule has 22 heavy (non-hydrogen) atoms. The predicted octanol–water partition coefficient (Wildman–Crippen LogP) is 4.87. The number of hydrogen-bond acceptors (Lipinski definition) is 2. The first kappa shape index (κ1) is 17.3. The van der Waals surface area contributed by atoms with E-state index in [-0.39, 0.29) is 0 Å². The van der Waals surface area contributed by atoms with Crippen LogP contribution in [0.3, 0.4) is 0 Å². The molecule has 0 saturated heterocycles. The van der Waals surface area contributed by atoms with E-state index in [0.29, 0.717) is 6.04 Å².